The van der Waals surface area contributed by atoms with Gasteiger partial charge in [0.25, 0.3) is 0 Å². The molecule has 3 aromatic rings. The van der Waals surface area contributed by atoms with Crippen molar-refractivity contribution >= 4 is 34.4 Å². The Balaban J connectivity index is 1.88. The molecule has 1 N–H and O–H groups in total. The number of aliphatic hydroxyl groups is 1. The van der Waals surface area contributed by atoms with Crippen molar-refractivity contribution < 1.29 is 5.11 Å². The fraction of sp³-hybridized carbons (Fsp3) is 0.316. The van der Waals surface area contributed by atoms with Crippen molar-refractivity contribution in [2.75, 3.05) is 11.5 Å². The normalized spacial score (nSPS) is 18.6. The lowest BCUT2D eigenvalue weighted by Crippen LogP contribution is -2.32. The number of aliphatic hydroxyl groups excluding tert-OH is 1. The minimum absolute atomic E-state index is 0.394. The van der Waals surface area contributed by atoms with Crippen LogP contribution in [0.2, 0.25) is 0 Å². The van der Waals surface area contributed by atoms with Crippen molar-refractivity contribution in [2.45, 2.75) is 16.6 Å². The average Bonchev–Trinajstić information content (AvgIpc) is 3.00. The van der Waals surface area contributed by atoms with Gasteiger partial charge >= 0.3 is 0 Å². The molecule has 124 valence electrons. The Morgan fingerprint density at radius 2 is 1.96 bits per heavy atom. The van der Waals surface area contributed by atoms with E-state index in [1.807, 2.05) is 35.7 Å². The Morgan fingerprint density at radius 3 is 2.67 bits per heavy atom. The second kappa shape index (κ2) is 6.47. The summed E-state index contributed by atoms with van der Waals surface area (Å²) in [4.78, 5) is 4.21. The zero-order valence-corrected chi connectivity index (χ0v) is 15.2. The molecular weight excluding hydrogens is 336 g/mol. The van der Waals surface area contributed by atoms with Crippen LogP contribution in [0.3, 0.4) is 0 Å². The Kier molecular flexibility index (Phi) is 4.33. The molecule has 5 heteroatoms. The molecule has 0 amide bonds. The lowest BCUT2D eigenvalue weighted by Gasteiger charge is -2.40. The van der Waals surface area contributed by atoms with E-state index in [-0.39, 0.29) is 0 Å². The Bertz CT molecular complexity index is 841. The molecule has 0 radical (unpaired) electrons. The average molecular weight is 357 g/mol. The van der Waals surface area contributed by atoms with Crippen LogP contribution in [0.5, 0.6) is 0 Å². The summed E-state index contributed by atoms with van der Waals surface area (Å²) in [6.45, 7) is 0. The van der Waals surface area contributed by atoms with Gasteiger partial charge in [0.2, 0.25) is 0 Å². The summed E-state index contributed by atoms with van der Waals surface area (Å²) in [6.07, 6.45) is 4.12. The third kappa shape index (κ3) is 2.55. The van der Waals surface area contributed by atoms with E-state index in [0.717, 1.165) is 17.1 Å². The van der Waals surface area contributed by atoms with Crippen LogP contribution < -0.4 is 0 Å². The first kappa shape index (κ1) is 16.1. The molecule has 0 spiro atoms. The molecule has 1 aliphatic rings. The van der Waals surface area contributed by atoms with Crippen LogP contribution in [0, 0.1) is 0 Å². The van der Waals surface area contributed by atoms with E-state index >= 15 is 0 Å². The number of thioether (sulfide) groups is 2. The predicted molar refractivity (Wildman–Crippen MR) is 103 cm³/mol. The van der Waals surface area contributed by atoms with E-state index in [1.165, 1.54) is 23.0 Å². The maximum absolute atomic E-state index is 11.3. The predicted octanol–water partition coefficient (Wildman–Crippen LogP) is 4.33. The number of benzene rings is 1. The van der Waals surface area contributed by atoms with E-state index < -0.39 is 10.2 Å². The summed E-state index contributed by atoms with van der Waals surface area (Å²) in [5, 5.41) is 12.5. The summed E-state index contributed by atoms with van der Waals surface area (Å²) in [5.74, 6) is 2.12. The van der Waals surface area contributed by atoms with Crippen LogP contribution in [0.4, 0.5) is 0 Å². The highest BCUT2D eigenvalue weighted by Gasteiger charge is 2.45. The van der Waals surface area contributed by atoms with E-state index in [4.69, 9.17) is 0 Å². The van der Waals surface area contributed by atoms with Crippen molar-refractivity contribution in [3.05, 3.63) is 66.1 Å². The lowest BCUT2D eigenvalue weighted by atomic mass is 10.1. The highest BCUT2D eigenvalue weighted by atomic mass is 32.2. The molecule has 1 atom stereocenters. The number of pyridine rings is 1. The third-order valence-corrected chi connectivity index (χ3v) is 8.01. The van der Waals surface area contributed by atoms with Gasteiger partial charge in [-0.05, 0) is 41.5 Å². The Labute approximate surface area is 150 Å². The number of hydrogen-bond acceptors (Lipinski definition) is 4. The lowest BCUT2D eigenvalue weighted by molar-refractivity contribution is 0.160. The Hall–Kier alpha value is -1.43. The zero-order valence-electron chi connectivity index (χ0n) is 13.6. The third-order valence-electron chi connectivity index (χ3n) is 4.59. The first-order chi connectivity index (χ1) is 11.7. The van der Waals surface area contributed by atoms with Gasteiger partial charge in [-0.15, -0.1) is 23.5 Å². The number of fused-ring (bicyclic) bond motifs is 1. The second-order valence-electron chi connectivity index (χ2n) is 6.05. The van der Waals surface area contributed by atoms with E-state index in [9.17, 15) is 5.11 Å². The molecule has 2 aromatic heterocycles. The standard InChI is InChI=1S/C19H20N2OS2/c1-21-16-8-3-2-6-14(16)12-17(21)19(23-10-5-11-24-19)18(22)15-7-4-9-20-13-15/h2-4,6-9,12-13,18,22H,5,10-11H2,1H3. The van der Waals surface area contributed by atoms with Crippen LogP contribution in [-0.2, 0) is 11.1 Å². The number of aromatic nitrogens is 2. The summed E-state index contributed by atoms with van der Waals surface area (Å²) in [5.41, 5.74) is 3.26. The molecule has 1 unspecified atom stereocenters. The van der Waals surface area contributed by atoms with Gasteiger partial charge in [0, 0.05) is 36.2 Å². The number of hydrogen-bond donors (Lipinski definition) is 1. The molecule has 0 bridgehead atoms. The molecule has 24 heavy (non-hydrogen) atoms. The highest BCUT2D eigenvalue weighted by Crippen LogP contribution is 2.57. The minimum atomic E-state index is -0.593. The number of para-hydroxylation sites is 1. The van der Waals surface area contributed by atoms with Crippen molar-refractivity contribution in [3.63, 3.8) is 0 Å². The molecule has 0 saturated carbocycles. The van der Waals surface area contributed by atoms with Gasteiger partial charge in [0.15, 0.2) is 0 Å². The van der Waals surface area contributed by atoms with Gasteiger partial charge in [-0.2, -0.15) is 0 Å². The maximum Gasteiger partial charge on any atom is 0.131 e. The van der Waals surface area contributed by atoms with Crippen LogP contribution in [0.1, 0.15) is 23.8 Å². The van der Waals surface area contributed by atoms with Gasteiger partial charge in [-0.1, -0.05) is 24.3 Å². The topological polar surface area (TPSA) is 38.0 Å². The van der Waals surface area contributed by atoms with Crippen molar-refractivity contribution in [3.8, 4) is 0 Å². The van der Waals surface area contributed by atoms with Gasteiger partial charge in [-0.3, -0.25) is 4.98 Å². The quantitative estimate of drug-likeness (QED) is 0.758. The highest BCUT2D eigenvalue weighted by molar-refractivity contribution is 8.18. The largest absolute Gasteiger partial charge is 0.386 e. The van der Waals surface area contributed by atoms with E-state index in [0.29, 0.717) is 0 Å². The zero-order chi connectivity index (χ0) is 16.6. The van der Waals surface area contributed by atoms with Gasteiger partial charge in [0.05, 0.1) is 0 Å². The van der Waals surface area contributed by atoms with Crippen LogP contribution in [0.15, 0.2) is 54.9 Å². The SMILES string of the molecule is Cn1c(C2(C(O)c3cccnc3)SCCCS2)cc2ccccc21. The van der Waals surface area contributed by atoms with Crippen LogP contribution in [-0.4, -0.2) is 26.2 Å². The van der Waals surface area contributed by atoms with Crippen molar-refractivity contribution in [2.24, 2.45) is 7.05 Å². The first-order valence-corrected chi connectivity index (χ1v) is 10.1. The molecule has 3 heterocycles. The van der Waals surface area contributed by atoms with Crippen molar-refractivity contribution in [1.82, 2.24) is 9.55 Å². The van der Waals surface area contributed by atoms with Gasteiger partial charge < -0.3 is 9.67 Å². The second-order valence-corrected chi connectivity index (χ2v) is 8.99. The van der Waals surface area contributed by atoms with Crippen molar-refractivity contribution in [1.29, 1.82) is 0 Å². The van der Waals surface area contributed by atoms with Gasteiger partial charge in [0.1, 0.15) is 10.2 Å². The van der Waals surface area contributed by atoms with Crippen LogP contribution >= 0.6 is 23.5 Å². The molecule has 1 aromatic carbocycles. The number of nitrogens with zero attached hydrogens (tertiary/aromatic N) is 2. The summed E-state index contributed by atoms with van der Waals surface area (Å²) >= 11 is 3.72. The minimum Gasteiger partial charge on any atom is -0.386 e. The van der Waals surface area contributed by atoms with Crippen LogP contribution in [0.25, 0.3) is 10.9 Å². The van der Waals surface area contributed by atoms with E-state index in [1.54, 1.807) is 12.4 Å². The monoisotopic (exact) mass is 356 g/mol. The van der Waals surface area contributed by atoms with E-state index in [2.05, 4.69) is 46.9 Å². The molecule has 3 nitrogen and oxygen atoms in total. The van der Waals surface area contributed by atoms with Gasteiger partial charge in [-0.25, -0.2) is 0 Å². The molecule has 1 saturated heterocycles. The smallest absolute Gasteiger partial charge is 0.131 e. The number of aryl methyl sites for hydroxylation is 1. The molecular formula is C19H20N2OS2. The summed E-state index contributed by atoms with van der Waals surface area (Å²) < 4.78 is 1.84. The first-order valence-electron chi connectivity index (χ1n) is 8.13. The summed E-state index contributed by atoms with van der Waals surface area (Å²) in [6, 6.07) is 14.5. The summed E-state index contributed by atoms with van der Waals surface area (Å²) in [7, 11) is 2.10. The Morgan fingerprint density at radius 1 is 1.17 bits per heavy atom. The fourth-order valence-electron chi connectivity index (χ4n) is 3.37. The molecule has 4 rings (SSSR count). The maximum atomic E-state index is 11.3. The molecule has 0 aliphatic carbocycles. The fourth-order valence-corrected chi connectivity index (χ4v) is 6.85. The number of rotatable bonds is 3. The molecule has 1 fully saturated rings. The molecule has 1 aliphatic heterocycles.